The molecule has 0 unspecified atom stereocenters. The highest BCUT2D eigenvalue weighted by atomic mass is 14.6. The molecular formula is C53H38N4. The molecule has 10 rings (SSSR count). The number of aromatic nitrogens is 4. The smallest absolute Gasteiger partial charge is 0.0346 e. The molecule has 270 valence electrons. The molecular weight excluding hydrogens is 693 g/mol. The van der Waals surface area contributed by atoms with Gasteiger partial charge in [0.2, 0.25) is 0 Å². The summed E-state index contributed by atoms with van der Waals surface area (Å²) in [4.78, 5) is 17.7. The molecule has 0 fully saturated rings. The van der Waals surface area contributed by atoms with Gasteiger partial charge < -0.3 is 0 Å². The highest BCUT2D eigenvalue weighted by molar-refractivity contribution is 5.88. The van der Waals surface area contributed by atoms with Crippen molar-refractivity contribution in [3.63, 3.8) is 0 Å². The van der Waals surface area contributed by atoms with Crippen molar-refractivity contribution in [3.8, 4) is 89.0 Å². The van der Waals surface area contributed by atoms with E-state index in [4.69, 9.17) is 0 Å². The molecule has 0 saturated carbocycles. The molecule has 0 spiro atoms. The van der Waals surface area contributed by atoms with Crippen molar-refractivity contribution in [3.05, 3.63) is 206 Å². The summed E-state index contributed by atoms with van der Waals surface area (Å²) in [7, 11) is 0. The first-order chi connectivity index (χ1) is 28.0. The molecule has 4 aromatic heterocycles. The lowest BCUT2D eigenvalue weighted by atomic mass is 9.81. The Morgan fingerprint density at radius 3 is 1.18 bits per heavy atom. The SMILES string of the molecule is CC1(C)c2ccccc2-c2ccc(-c3cc(-c4cccc(-c5cncc(-c6ccncc6)c5)c4)cc(-c4cccc(-c5cncc(-c6ccncc6)c5)c4)c3)cc21. The van der Waals surface area contributed by atoms with E-state index in [0.717, 1.165) is 66.8 Å². The normalized spacial score (nSPS) is 12.5. The topological polar surface area (TPSA) is 51.6 Å². The average Bonchev–Trinajstić information content (AvgIpc) is 3.52. The quantitative estimate of drug-likeness (QED) is 0.164. The summed E-state index contributed by atoms with van der Waals surface area (Å²) in [6.07, 6.45) is 15.0. The highest BCUT2D eigenvalue weighted by Gasteiger charge is 2.35. The third kappa shape index (κ3) is 6.41. The molecule has 4 nitrogen and oxygen atoms in total. The molecule has 1 aliphatic carbocycles. The van der Waals surface area contributed by atoms with Crippen LogP contribution in [0.2, 0.25) is 0 Å². The van der Waals surface area contributed by atoms with Gasteiger partial charge in [-0.1, -0.05) is 86.6 Å². The molecule has 9 aromatic rings. The zero-order valence-electron chi connectivity index (χ0n) is 31.8. The van der Waals surface area contributed by atoms with E-state index in [0.29, 0.717) is 0 Å². The second kappa shape index (κ2) is 14.1. The number of nitrogens with zero attached hydrogens (tertiary/aromatic N) is 4. The van der Waals surface area contributed by atoms with E-state index in [1.54, 1.807) is 0 Å². The maximum absolute atomic E-state index is 4.63. The maximum Gasteiger partial charge on any atom is 0.0346 e. The van der Waals surface area contributed by atoms with E-state index in [-0.39, 0.29) is 5.41 Å². The maximum atomic E-state index is 4.63. The zero-order chi connectivity index (χ0) is 38.3. The summed E-state index contributed by atoms with van der Waals surface area (Å²) in [5, 5.41) is 0. The van der Waals surface area contributed by atoms with Crippen LogP contribution in [0.4, 0.5) is 0 Å². The standard InChI is InChI=1S/C53H38N4/c1-53(2)51-12-4-3-11-49(51)50-14-13-41(30-52(50)53)44-26-42(37-7-5-9-39(23-37)47-28-45(31-56-33-47)35-15-19-54-20-16-35)25-43(27-44)38-8-6-10-40(24-38)48-29-46(32-57-34-48)36-17-21-55-22-18-36/h3-34H,1-2H3. The zero-order valence-corrected chi connectivity index (χ0v) is 31.8. The lowest BCUT2D eigenvalue weighted by Crippen LogP contribution is -2.14. The van der Waals surface area contributed by atoms with E-state index in [1.165, 1.54) is 33.4 Å². The Balaban J connectivity index is 1.10. The predicted octanol–water partition coefficient (Wildman–Crippen LogP) is 13.2. The van der Waals surface area contributed by atoms with Crippen molar-refractivity contribution in [1.82, 2.24) is 19.9 Å². The van der Waals surface area contributed by atoms with E-state index in [9.17, 15) is 0 Å². The van der Waals surface area contributed by atoms with E-state index in [2.05, 4.69) is 155 Å². The molecule has 1 aliphatic rings. The van der Waals surface area contributed by atoms with E-state index < -0.39 is 0 Å². The van der Waals surface area contributed by atoms with Gasteiger partial charge in [-0.05, 0) is 151 Å². The lowest BCUT2D eigenvalue weighted by molar-refractivity contribution is 0.660. The van der Waals surface area contributed by atoms with E-state index >= 15 is 0 Å². The summed E-state index contributed by atoms with van der Waals surface area (Å²) in [5.41, 5.74) is 20.9. The third-order valence-corrected chi connectivity index (χ3v) is 11.4. The molecule has 0 N–H and O–H groups in total. The van der Waals surface area contributed by atoms with Gasteiger partial charge in [-0.25, -0.2) is 0 Å². The Morgan fingerprint density at radius 2 is 0.667 bits per heavy atom. The fourth-order valence-corrected chi connectivity index (χ4v) is 8.37. The van der Waals surface area contributed by atoms with Crippen LogP contribution in [0.25, 0.3) is 89.0 Å². The molecule has 0 radical (unpaired) electrons. The molecule has 4 heteroatoms. The van der Waals surface area contributed by atoms with Crippen molar-refractivity contribution >= 4 is 0 Å². The molecule has 5 aromatic carbocycles. The molecule has 0 saturated heterocycles. The van der Waals surface area contributed by atoms with Crippen LogP contribution in [0.3, 0.4) is 0 Å². The first kappa shape index (κ1) is 34.2. The summed E-state index contributed by atoms with van der Waals surface area (Å²) >= 11 is 0. The van der Waals surface area contributed by atoms with Crippen LogP contribution in [0.1, 0.15) is 25.0 Å². The Bertz CT molecular complexity index is 2790. The van der Waals surface area contributed by atoms with Crippen LogP contribution in [-0.2, 0) is 5.41 Å². The van der Waals surface area contributed by atoms with Gasteiger partial charge in [-0.15, -0.1) is 0 Å². The number of benzene rings is 5. The number of hydrogen-bond donors (Lipinski definition) is 0. The van der Waals surface area contributed by atoms with Gasteiger partial charge in [0, 0.05) is 77.2 Å². The Hall–Kier alpha value is -7.30. The van der Waals surface area contributed by atoms with Gasteiger partial charge in [0.05, 0.1) is 0 Å². The number of hydrogen-bond acceptors (Lipinski definition) is 4. The van der Waals surface area contributed by atoms with Crippen LogP contribution in [0.15, 0.2) is 195 Å². The minimum absolute atomic E-state index is 0.0945. The van der Waals surface area contributed by atoms with Crippen LogP contribution < -0.4 is 0 Å². The number of fused-ring (bicyclic) bond motifs is 3. The van der Waals surface area contributed by atoms with E-state index in [1.807, 2.05) is 73.8 Å². The fourth-order valence-electron chi connectivity index (χ4n) is 8.37. The summed E-state index contributed by atoms with van der Waals surface area (Å²) in [5.74, 6) is 0. The summed E-state index contributed by atoms with van der Waals surface area (Å²) < 4.78 is 0. The summed E-state index contributed by atoms with van der Waals surface area (Å²) in [6.45, 7) is 4.69. The second-order valence-electron chi connectivity index (χ2n) is 15.3. The van der Waals surface area contributed by atoms with Gasteiger partial charge in [-0.2, -0.15) is 0 Å². The average molecular weight is 731 g/mol. The largest absolute Gasteiger partial charge is 0.265 e. The highest BCUT2D eigenvalue weighted by Crippen LogP contribution is 2.50. The first-order valence-corrected chi connectivity index (χ1v) is 19.3. The van der Waals surface area contributed by atoms with Gasteiger partial charge in [0.15, 0.2) is 0 Å². The number of pyridine rings is 4. The molecule has 57 heavy (non-hydrogen) atoms. The first-order valence-electron chi connectivity index (χ1n) is 19.3. The van der Waals surface area contributed by atoms with Crippen LogP contribution >= 0.6 is 0 Å². The Kier molecular flexibility index (Phi) is 8.45. The minimum atomic E-state index is -0.0945. The van der Waals surface area contributed by atoms with Crippen LogP contribution in [0, 0.1) is 0 Å². The minimum Gasteiger partial charge on any atom is -0.265 e. The molecule has 0 atom stereocenters. The van der Waals surface area contributed by atoms with Crippen molar-refractivity contribution in [2.24, 2.45) is 0 Å². The van der Waals surface area contributed by atoms with Crippen LogP contribution in [-0.4, -0.2) is 19.9 Å². The van der Waals surface area contributed by atoms with Gasteiger partial charge in [0.1, 0.15) is 0 Å². The van der Waals surface area contributed by atoms with Crippen molar-refractivity contribution in [2.75, 3.05) is 0 Å². The van der Waals surface area contributed by atoms with Crippen molar-refractivity contribution < 1.29 is 0 Å². The third-order valence-electron chi connectivity index (χ3n) is 11.4. The van der Waals surface area contributed by atoms with Gasteiger partial charge in [-0.3, -0.25) is 19.9 Å². The Labute approximate surface area is 333 Å². The van der Waals surface area contributed by atoms with Crippen molar-refractivity contribution in [2.45, 2.75) is 19.3 Å². The monoisotopic (exact) mass is 730 g/mol. The second-order valence-corrected chi connectivity index (χ2v) is 15.3. The van der Waals surface area contributed by atoms with Crippen molar-refractivity contribution in [1.29, 1.82) is 0 Å². The predicted molar refractivity (Wildman–Crippen MR) is 233 cm³/mol. The Morgan fingerprint density at radius 1 is 0.281 bits per heavy atom. The van der Waals surface area contributed by atoms with Gasteiger partial charge >= 0.3 is 0 Å². The van der Waals surface area contributed by atoms with Gasteiger partial charge in [0.25, 0.3) is 0 Å². The molecule has 4 heterocycles. The molecule has 0 bridgehead atoms. The summed E-state index contributed by atoms with van der Waals surface area (Å²) in [6, 6.07) is 53.0. The number of rotatable bonds is 7. The molecule has 0 aliphatic heterocycles. The van der Waals surface area contributed by atoms with Crippen LogP contribution in [0.5, 0.6) is 0 Å². The fraction of sp³-hybridized carbons (Fsp3) is 0.0566. The molecule has 0 amide bonds. The lowest BCUT2D eigenvalue weighted by Gasteiger charge is -2.22.